The third-order valence-electron chi connectivity index (χ3n) is 4.50. The minimum Gasteiger partial charge on any atom is -0.452 e. The fraction of sp³-hybridized carbons (Fsp3) is 0.929. The summed E-state index contributed by atoms with van der Waals surface area (Å²) in [6, 6.07) is 0.0352. The van der Waals surface area contributed by atoms with Crippen molar-refractivity contribution in [2.45, 2.75) is 52.0 Å². The Morgan fingerprint density at radius 2 is 1.81 bits per heavy atom. The predicted molar refractivity (Wildman–Crippen MR) is 79.9 cm³/mol. The van der Waals surface area contributed by atoms with Gasteiger partial charge in [-0.05, 0) is 43.9 Å². The summed E-state index contributed by atoms with van der Waals surface area (Å²) in [4.78, 5) is 11.5. The second kappa shape index (κ2) is 6.52. The molecule has 0 N–H and O–H groups in total. The molecule has 7 heteroatoms. The lowest BCUT2D eigenvalue weighted by molar-refractivity contribution is 0.152. The Balaban J connectivity index is 1.97. The van der Waals surface area contributed by atoms with Gasteiger partial charge in [0.2, 0.25) is 0 Å². The zero-order chi connectivity index (χ0) is 15.6. The number of hydrogen-bond donors (Lipinski definition) is 0. The van der Waals surface area contributed by atoms with E-state index < -0.39 is 16.3 Å². The first-order valence-corrected chi connectivity index (χ1v) is 9.13. The maximum absolute atomic E-state index is 12.4. The molecule has 0 bridgehead atoms. The Bertz CT molecular complexity index is 469. The second-order valence-corrected chi connectivity index (χ2v) is 8.27. The molecule has 122 valence electrons. The molecule has 2 rings (SSSR count). The number of nitrogens with zero attached hydrogens (tertiary/aromatic N) is 2. The third-order valence-corrected chi connectivity index (χ3v) is 6.47. The fourth-order valence-corrected chi connectivity index (χ4v) is 5.27. The number of methoxy groups -OCH3 is 1. The topological polar surface area (TPSA) is 66.9 Å². The third kappa shape index (κ3) is 3.51. The van der Waals surface area contributed by atoms with Crippen molar-refractivity contribution in [2.75, 3.05) is 20.2 Å². The molecule has 1 aliphatic heterocycles. The molecule has 2 fully saturated rings. The molecule has 0 atom stereocenters. The molecule has 0 unspecified atom stereocenters. The molecule has 6 nitrogen and oxygen atoms in total. The van der Waals surface area contributed by atoms with E-state index in [2.05, 4.69) is 18.6 Å². The van der Waals surface area contributed by atoms with Gasteiger partial charge in [0.05, 0.1) is 13.7 Å². The van der Waals surface area contributed by atoms with Gasteiger partial charge in [-0.2, -0.15) is 17.0 Å². The van der Waals surface area contributed by atoms with E-state index in [9.17, 15) is 13.2 Å². The Morgan fingerprint density at radius 3 is 2.33 bits per heavy atom. The molecule has 1 saturated heterocycles. The van der Waals surface area contributed by atoms with Crippen molar-refractivity contribution in [2.24, 2.45) is 11.8 Å². The summed E-state index contributed by atoms with van der Waals surface area (Å²) in [6.45, 7) is 5.04. The molecular weight excluding hydrogens is 292 g/mol. The lowest BCUT2D eigenvalue weighted by atomic mass is 9.81. The van der Waals surface area contributed by atoms with Crippen LogP contribution >= 0.6 is 0 Å². The normalized spacial score (nSPS) is 29.8. The minimum absolute atomic E-state index is 0.0352. The van der Waals surface area contributed by atoms with Crippen LogP contribution in [0.1, 0.15) is 46.0 Å². The van der Waals surface area contributed by atoms with Gasteiger partial charge in [-0.3, -0.25) is 0 Å². The molecule has 0 spiro atoms. The second-order valence-electron chi connectivity index (χ2n) is 6.46. The van der Waals surface area contributed by atoms with Crippen LogP contribution in [0, 0.1) is 11.8 Å². The summed E-state index contributed by atoms with van der Waals surface area (Å²) >= 11 is 0. The highest BCUT2D eigenvalue weighted by Gasteiger charge is 2.44. The van der Waals surface area contributed by atoms with E-state index in [4.69, 9.17) is 0 Å². The van der Waals surface area contributed by atoms with Gasteiger partial charge >= 0.3 is 16.3 Å². The SMILES string of the molecule is COC(=O)N1CCN(C2CCC(CC(C)C)CC2)S1(=O)=O. The number of rotatable bonds is 3. The van der Waals surface area contributed by atoms with Crippen LogP contribution < -0.4 is 0 Å². The van der Waals surface area contributed by atoms with Gasteiger partial charge in [-0.1, -0.05) is 13.8 Å². The number of hydrogen-bond acceptors (Lipinski definition) is 4. The summed E-state index contributed by atoms with van der Waals surface area (Å²) in [7, 11) is -2.48. The smallest absolute Gasteiger partial charge is 0.424 e. The number of amides is 1. The van der Waals surface area contributed by atoms with Crippen molar-refractivity contribution < 1.29 is 17.9 Å². The molecule has 1 saturated carbocycles. The van der Waals surface area contributed by atoms with Gasteiger partial charge in [0, 0.05) is 12.6 Å². The van der Waals surface area contributed by atoms with E-state index in [0.29, 0.717) is 18.4 Å². The van der Waals surface area contributed by atoms with E-state index in [1.54, 1.807) is 0 Å². The average Bonchev–Trinajstić information content (AvgIpc) is 2.73. The highest BCUT2D eigenvalue weighted by atomic mass is 32.2. The van der Waals surface area contributed by atoms with E-state index >= 15 is 0 Å². The van der Waals surface area contributed by atoms with Crippen molar-refractivity contribution in [1.82, 2.24) is 8.61 Å². The molecule has 0 radical (unpaired) electrons. The first-order valence-electron chi connectivity index (χ1n) is 7.73. The van der Waals surface area contributed by atoms with Crippen LogP contribution in [0.2, 0.25) is 0 Å². The number of carbonyl (C=O) groups excluding carboxylic acids is 1. The molecule has 1 heterocycles. The van der Waals surface area contributed by atoms with Crippen molar-refractivity contribution in [3.8, 4) is 0 Å². The van der Waals surface area contributed by atoms with Crippen LogP contribution in [-0.2, 0) is 14.9 Å². The highest BCUT2D eigenvalue weighted by molar-refractivity contribution is 7.87. The van der Waals surface area contributed by atoms with Crippen molar-refractivity contribution in [3.05, 3.63) is 0 Å². The average molecular weight is 318 g/mol. The molecule has 0 aromatic carbocycles. The lowest BCUT2D eigenvalue weighted by Gasteiger charge is -2.34. The monoisotopic (exact) mass is 318 g/mol. The van der Waals surface area contributed by atoms with E-state index in [-0.39, 0.29) is 12.6 Å². The van der Waals surface area contributed by atoms with Crippen LogP contribution in [0.5, 0.6) is 0 Å². The Morgan fingerprint density at radius 1 is 1.19 bits per heavy atom. The van der Waals surface area contributed by atoms with Crippen molar-refractivity contribution in [3.63, 3.8) is 0 Å². The summed E-state index contributed by atoms with van der Waals surface area (Å²) in [5.74, 6) is 1.40. The fourth-order valence-electron chi connectivity index (χ4n) is 3.54. The highest BCUT2D eigenvalue weighted by Crippen LogP contribution is 2.34. The summed E-state index contributed by atoms with van der Waals surface area (Å²) in [5.41, 5.74) is 0. The summed E-state index contributed by atoms with van der Waals surface area (Å²) in [5, 5.41) is 0. The Labute approximate surface area is 127 Å². The molecule has 21 heavy (non-hydrogen) atoms. The largest absolute Gasteiger partial charge is 0.452 e. The van der Waals surface area contributed by atoms with Gasteiger partial charge in [0.1, 0.15) is 0 Å². The van der Waals surface area contributed by atoms with Crippen molar-refractivity contribution in [1.29, 1.82) is 0 Å². The summed E-state index contributed by atoms with van der Waals surface area (Å²) in [6.07, 6.45) is 4.37. The number of ether oxygens (including phenoxy) is 1. The lowest BCUT2D eigenvalue weighted by Crippen LogP contribution is -2.43. The quantitative estimate of drug-likeness (QED) is 0.800. The first-order chi connectivity index (χ1) is 9.86. The Kier molecular flexibility index (Phi) is 5.14. The molecule has 0 aromatic heterocycles. The van der Waals surface area contributed by atoms with E-state index in [1.165, 1.54) is 17.8 Å². The minimum atomic E-state index is -3.69. The molecule has 1 aliphatic carbocycles. The molecule has 2 aliphatic rings. The zero-order valence-corrected chi connectivity index (χ0v) is 13.9. The van der Waals surface area contributed by atoms with Crippen LogP contribution in [-0.4, -0.2) is 49.4 Å². The van der Waals surface area contributed by atoms with E-state index in [1.807, 2.05) is 0 Å². The Hall–Kier alpha value is -0.820. The van der Waals surface area contributed by atoms with Crippen LogP contribution in [0.4, 0.5) is 4.79 Å². The van der Waals surface area contributed by atoms with Gasteiger partial charge < -0.3 is 4.74 Å². The predicted octanol–water partition coefficient (Wildman–Crippen LogP) is 2.22. The maximum Gasteiger partial charge on any atom is 0.424 e. The molecule has 1 amide bonds. The van der Waals surface area contributed by atoms with Gasteiger partial charge in [-0.15, -0.1) is 0 Å². The molecule has 0 aromatic rings. The van der Waals surface area contributed by atoms with Crippen LogP contribution in [0.15, 0.2) is 0 Å². The van der Waals surface area contributed by atoms with Crippen molar-refractivity contribution >= 4 is 16.3 Å². The zero-order valence-electron chi connectivity index (χ0n) is 13.1. The van der Waals surface area contributed by atoms with Gasteiger partial charge in [0.15, 0.2) is 0 Å². The standard InChI is InChI=1S/C14H26N2O4S/c1-11(2)10-12-4-6-13(7-5-12)15-8-9-16(14(17)20-3)21(15,18)19/h11-13H,4-10H2,1-3H3. The van der Waals surface area contributed by atoms with Gasteiger partial charge in [-0.25, -0.2) is 4.79 Å². The molecular formula is C14H26N2O4S. The van der Waals surface area contributed by atoms with E-state index in [0.717, 1.165) is 30.0 Å². The summed E-state index contributed by atoms with van der Waals surface area (Å²) < 4.78 is 31.7. The number of carbonyl (C=O) groups is 1. The van der Waals surface area contributed by atoms with Gasteiger partial charge in [0.25, 0.3) is 0 Å². The van der Waals surface area contributed by atoms with Crippen LogP contribution in [0.25, 0.3) is 0 Å². The first kappa shape index (κ1) is 16.5. The van der Waals surface area contributed by atoms with Crippen LogP contribution in [0.3, 0.4) is 0 Å². The maximum atomic E-state index is 12.4.